The summed E-state index contributed by atoms with van der Waals surface area (Å²) in [6.45, 7) is 13.1. The molecule has 5 unspecified atom stereocenters. The van der Waals surface area contributed by atoms with E-state index in [9.17, 15) is 15.0 Å². The predicted octanol–water partition coefficient (Wildman–Crippen LogP) is 9.19. The number of fused-ring (bicyclic) bond motifs is 3. The molecule has 0 amide bonds. The standard InChI is InChI=1S/C46H59N9O3S/c1-29-33-11-8-19-54(41(33)52-51-40(29)50-43-48-36-12-6-7-13-37(36)59-43)38-15-14-34(39(49-38)42(57)58)35-24-47-55(30(35)2)25-32-22-45(4)26-44(3)21-31(32)23-46(27-44,28-45)16-9-17-53(5)18-10-20-56/h6-7,12-15,24,31-32,56H,8-11,16-23,25-28H2,1-5H3,(H,57,58)(H,48,50,51). The summed E-state index contributed by atoms with van der Waals surface area (Å²) in [5.74, 6) is 2.06. The number of carboxylic acids is 1. The third-order valence-electron chi connectivity index (χ3n) is 14.3. The number of aliphatic hydroxyl groups is 1. The van der Waals surface area contributed by atoms with Crippen LogP contribution in [0.1, 0.15) is 105 Å². The lowest BCUT2D eigenvalue weighted by Crippen LogP contribution is -2.46. The summed E-state index contributed by atoms with van der Waals surface area (Å²) in [7, 11) is 2.19. The summed E-state index contributed by atoms with van der Waals surface area (Å²) in [4.78, 5) is 26.9. The highest BCUT2D eigenvalue weighted by Crippen LogP contribution is 2.69. The summed E-state index contributed by atoms with van der Waals surface area (Å²) in [6.07, 6.45) is 14.7. The van der Waals surface area contributed by atoms with Gasteiger partial charge in [-0.25, -0.2) is 14.8 Å². The Balaban J connectivity index is 0.937. The molecule has 4 aliphatic carbocycles. The molecule has 312 valence electrons. The van der Waals surface area contributed by atoms with Crippen molar-refractivity contribution in [3.05, 3.63) is 65.1 Å². The first kappa shape index (κ1) is 40.0. The van der Waals surface area contributed by atoms with E-state index in [1.54, 1.807) is 11.3 Å². The number of aromatic nitrogens is 6. The van der Waals surface area contributed by atoms with Crippen LogP contribution in [0, 0.1) is 41.9 Å². The quantitative estimate of drug-likeness (QED) is 0.0986. The SMILES string of the molecule is Cc1c(Nc2nc3ccccc3s2)nnc2c1CCCN2c1ccc(-c2cnn(CC3CC4(C)CC5(C)CC3CC(CCCN(C)CCCO)(C4)C5)c2C)c(C(=O)O)n1. The number of rotatable bonds is 14. The normalized spacial score (nSPS) is 26.1. The second-order valence-corrected chi connectivity index (χ2v) is 20.3. The molecule has 1 aromatic carbocycles. The maximum Gasteiger partial charge on any atom is 0.355 e. The third-order valence-corrected chi connectivity index (χ3v) is 15.3. The topological polar surface area (TPSA) is 145 Å². The number of nitrogens with zero attached hydrogens (tertiary/aromatic N) is 8. The first-order valence-corrected chi connectivity index (χ1v) is 22.5. The zero-order chi connectivity index (χ0) is 41.1. The number of carboxylic acid groups (broad SMARTS) is 1. The number of carbonyl (C=O) groups is 1. The van der Waals surface area contributed by atoms with E-state index in [0.29, 0.717) is 57.6 Å². The molecule has 0 spiro atoms. The van der Waals surface area contributed by atoms with Crippen molar-refractivity contribution in [3.63, 3.8) is 0 Å². The van der Waals surface area contributed by atoms with Crippen molar-refractivity contribution in [1.29, 1.82) is 0 Å². The molecule has 10 rings (SSSR count). The van der Waals surface area contributed by atoms with Gasteiger partial charge >= 0.3 is 5.97 Å². The number of thiazole rings is 1. The van der Waals surface area contributed by atoms with Gasteiger partial charge in [0.2, 0.25) is 0 Å². The second kappa shape index (κ2) is 15.5. The first-order valence-electron chi connectivity index (χ1n) is 21.7. The number of aliphatic hydroxyl groups excluding tert-OH is 1. The van der Waals surface area contributed by atoms with Gasteiger partial charge in [0, 0.05) is 54.2 Å². The Morgan fingerprint density at radius 3 is 2.58 bits per heavy atom. The highest BCUT2D eigenvalue weighted by Gasteiger charge is 2.59. The van der Waals surface area contributed by atoms with Crippen LogP contribution in [-0.4, -0.2) is 84.3 Å². The number of aromatic carboxylic acids is 1. The molecule has 4 saturated carbocycles. The van der Waals surface area contributed by atoms with E-state index in [1.165, 1.54) is 51.4 Å². The zero-order valence-electron chi connectivity index (χ0n) is 35.3. The van der Waals surface area contributed by atoms with Crippen molar-refractivity contribution in [1.82, 2.24) is 34.8 Å². The van der Waals surface area contributed by atoms with E-state index in [4.69, 9.17) is 15.1 Å². The van der Waals surface area contributed by atoms with Crippen molar-refractivity contribution in [2.75, 3.05) is 43.5 Å². The van der Waals surface area contributed by atoms with Crippen LogP contribution in [0.4, 0.5) is 22.6 Å². The van der Waals surface area contributed by atoms with Crippen LogP contribution < -0.4 is 10.2 Å². The molecule has 5 aromatic rings. The van der Waals surface area contributed by atoms with Crippen LogP contribution >= 0.6 is 11.3 Å². The van der Waals surface area contributed by atoms with Crippen molar-refractivity contribution in [3.8, 4) is 11.1 Å². The molecule has 0 saturated heterocycles. The van der Waals surface area contributed by atoms with Crippen LogP contribution in [-0.2, 0) is 13.0 Å². The van der Waals surface area contributed by atoms with Crippen molar-refractivity contribution < 1.29 is 15.0 Å². The van der Waals surface area contributed by atoms with E-state index in [2.05, 4.69) is 65.9 Å². The molecule has 4 bridgehead atoms. The Morgan fingerprint density at radius 1 is 0.983 bits per heavy atom. The van der Waals surface area contributed by atoms with Gasteiger partial charge in [0.25, 0.3) is 0 Å². The molecule has 5 aliphatic rings. The van der Waals surface area contributed by atoms with Crippen LogP contribution in [0.25, 0.3) is 21.3 Å². The smallest absolute Gasteiger partial charge is 0.355 e. The highest BCUT2D eigenvalue weighted by atomic mass is 32.1. The first-order chi connectivity index (χ1) is 28.3. The van der Waals surface area contributed by atoms with E-state index in [-0.39, 0.29) is 12.3 Å². The van der Waals surface area contributed by atoms with Crippen LogP contribution in [0.2, 0.25) is 0 Å². The average molecular weight is 818 g/mol. The summed E-state index contributed by atoms with van der Waals surface area (Å²) in [6, 6.07) is 11.9. The van der Waals surface area contributed by atoms with E-state index >= 15 is 0 Å². The number of pyridine rings is 1. The molecule has 12 nitrogen and oxygen atoms in total. The Bertz CT molecular complexity index is 2350. The number of benzene rings is 1. The van der Waals surface area contributed by atoms with E-state index in [1.807, 2.05) is 41.4 Å². The van der Waals surface area contributed by atoms with Crippen molar-refractivity contribution in [2.24, 2.45) is 28.1 Å². The number of nitrogens with one attached hydrogen (secondary N) is 1. The minimum Gasteiger partial charge on any atom is -0.476 e. The van der Waals surface area contributed by atoms with Gasteiger partial charge < -0.3 is 25.3 Å². The van der Waals surface area contributed by atoms with E-state index in [0.717, 1.165) is 76.6 Å². The molecule has 4 fully saturated rings. The fourth-order valence-electron chi connectivity index (χ4n) is 12.6. The van der Waals surface area contributed by atoms with Gasteiger partial charge in [-0.3, -0.25) is 4.68 Å². The number of para-hydroxylation sites is 1. The zero-order valence-corrected chi connectivity index (χ0v) is 36.1. The second-order valence-electron chi connectivity index (χ2n) is 19.3. The summed E-state index contributed by atoms with van der Waals surface area (Å²) >= 11 is 1.58. The molecule has 5 heterocycles. The largest absolute Gasteiger partial charge is 0.476 e. The van der Waals surface area contributed by atoms with Gasteiger partial charge in [-0.15, -0.1) is 10.2 Å². The van der Waals surface area contributed by atoms with Gasteiger partial charge in [-0.1, -0.05) is 37.3 Å². The van der Waals surface area contributed by atoms with E-state index < -0.39 is 5.97 Å². The Kier molecular flexibility index (Phi) is 10.5. The molecular formula is C46H59N9O3S. The summed E-state index contributed by atoms with van der Waals surface area (Å²) < 4.78 is 3.26. The predicted molar refractivity (Wildman–Crippen MR) is 234 cm³/mol. The number of hydrogen-bond donors (Lipinski definition) is 3. The van der Waals surface area contributed by atoms with Gasteiger partial charge in [0.05, 0.1) is 16.4 Å². The van der Waals surface area contributed by atoms with Gasteiger partial charge in [0.15, 0.2) is 22.5 Å². The fourth-order valence-corrected chi connectivity index (χ4v) is 13.4. The molecule has 13 heteroatoms. The third kappa shape index (κ3) is 7.74. The lowest BCUT2D eigenvalue weighted by atomic mass is 9.48. The Labute approximate surface area is 351 Å². The minimum absolute atomic E-state index is 0.0193. The Hall–Kier alpha value is -4.46. The fraction of sp³-hybridized carbons (Fsp3) is 0.565. The molecule has 5 atom stereocenters. The molecule has 3 N–H and O–H groups in total. The molecule has 59 heavy (non-hydrogen) atoms. The maximum atomic E-state index is 12.9. The van der Waals surface area contributed by atoms with Crippen LogP contribution in [0.15, 0.2) is 42.6 Å². The molecule has 4 aromatic heterocycles. The molecule has 1 aliphatic heterocycles. The summed E-state index contributed by atoms with van der Waals surface area (Å²) in [5.41, 5.74) is 6.54. The minimum atomic E-state index is -1.06. The van der Waals surface area contributed by atoms with Gasteiger partial charge in [-0.2, -0.15) is 5.10 Å². The Morgan fingerprint density at radius 2 is 1.78 bits per heavy atom. The van der Waals surface area contributed by atoms with Crippen LogP contribution in [0.3, 0.4) is 0 Å². The average Bonchev–Trinajstić information content (AvgIpc) is 3.74. The number of hydrogen-bond acceptors (Lipinski definition) is 11. The molecule has 0 radical (unpaired) electrons. The van der Waals surface area contributed by atoms with Crippen molar-refractivity contribution >= 4 is 50.1 Å². The van der Waals surface area contributed by atoms with Gasteiger partial charge in [0.1, 0.15) is 5.82 Å². The van der Waals surface area contributed by atoms with Crippen LogP contribution in [0.5, 0.6) is 0 Å². The monoisotopic (exact) mass is 817 g/mol. The lowest BCUT2D eigenvalue weighted by Gasteiger charge is -2.57. The highest BCUT2D eigenvalue weighted by molar-refractivity contribution is 7.22. The molecular weight excluding hydrogens is 759 g/mol. The number of anilines is 4. The van der Waals surface area contributed by atoms with Crippen molar-refractivity contribution in [2.45, 2.75) is 105 Å². The summed E-state index contributed by atoms with van der Waals surface area (Å²) in [5, 5.41) is 38.3. The maximum absolute atomic E-state index is 12.9. The lowest BCUT2D eigenvalue weighted by molar-refractivity contribution is -0.0649. The van der Waals surface area contributed by atoms with Gasteiger partial charge in [-0.05, 0) is 150 Å².